The zero-order valence-electron chi connectivity index (χ0n) is 12.1. The fourth-order valence-corrected chi connectivity index (χ4v) is 2.76. The number of hydrogen-bond donors (Lipinski definition) is 1. The minimum absolute atomic E-state index is 0.356. The topological polar surface area (TPSA) is 24.9 Å². The molecule has 0 aliphatic heterocycles. The van der Waals surface area contributed by atoms with Gasteiger partial charge in [0.25, 0.3) is 0 Å². The molecule has 2 aromatic rings. The van der Waals surface area contributed by atoms with E-state index in [9.17, 15) is 13.2 Å². The second-order valence-corrected chi connectivity index (χ2v) is 6.24. The molecular weight excluding hydrogens is 297 g/mol. The molecule has 1 aromatic carbocycles. The van der Waals surface area contributed by atoms with E-state index in [1.807, 2.05) is 39.0 Å². The Hall–Kier alpha value is -1.40. The smallest absolute Gasteiger partial charge is 0.310 e. The molecule has 0 amide bonds. The second-order valence-electron chi connectivity index (χ2n) is 5.21. The van der Waals surface area contributed by atoms with E-state index in [0.29, 0.717) is 28.8 Å². The number of alkyl halides is 3. The summed E-state index contributed by atoms with van der Waals surface area (Å²) < 4.78 is 37.9. The van der Waals surface area contributed by atoms with Crippen LogP contribution in [0.2, 0.25) is 0 Å². The monoisotopic (exact) mass is 314 g/mol. The number of aromatic nitrogens is 1. The summed E-state index contributed by atoms with van der Waals surface area (Å²) in [6.07, 6.45) is -3.08. The Balaban J connectivity index is 2.30. The SMILES string of the molecule is Cc1ccc(CNC(C)C)cc1-c1cnc(C(F)(F)F)s1. The van der Waals surface area contributed by atoms with Crippen LogP contribution < -0.4 is 5.32 Å². The predicted molar refractivity (Wildman–Crippen MR) is 79.3 cm³/mol. The fourth-order valence-electron chi connectivity index (χ4n) is 1.90. The Morgan fingerprint density at radius 3 is 2.57 bits per heavy atom. The molecular formula is C15H17F3N2S. The molecule has 0 atom stereocenters. The summed E-state index contributed by atoms with van der Waals surface area (Å²) in [6.45, 7) is 6.68. The van der Waals surface area contributed by atoms with Crippen LogP contribution in [0.4, 0.5) is 13.2 Å². The van der Waals surface area contributed by atoms with E-state index in [-0.39, 0.29) is 0 Å². The van der Waals surface area contributed by atoms with Crippen LogP contribution in [-0.2, 0) is 12.7 Å². The Morgan fingerprint density at radius 2 is 2.00 bits per heavy atom. The van der Waals surface area contributed by atoms with Crippen LogP contribution in [0.25, 0.3) is 10.4 Å². The Labute approximate surface area is 126 Å². The van der Waals surface area contributed by atoms with Gasteiger partial charge in [0, 0.05) is 18.8 Å². The first kappa shape index (κ1) is 16.0. The Kier molecular flexibility index (Phi) is 4.68. The molecule has 0 bridgehead atoms. The number of nitrogens with one attached hydrogen (secondary N) is 1. The highest BCUT2D eigenvalue weighted by molar-refractivity contribution is 7.15. The average molecular weight is 314 g/mol. The molecule has 0 saturated carbocycles. The molecule has 21 heavy (non-hydrogen) atoms. The van der Waals surface area contributed by atoms with Gasteiger partial charge in [0.2, 0.25) is 0 Å². The van der Waals surface area contributed by atoms with Gasteiger partial charge >= 0.3 is 6.18 Å². The van der Waals surface area contributed by atoms with Gasteiger partial charge in [0.1, 0.15) is 0 Å². The van der Waals surface area contributed by atoms with Crippen molar-refractivity contribution in [3.8, 4) is 10.4 Å². The predicted octanol–water partition coefficient (Wildman–Crippen LogP) is 4.64. The maximum atomic E-state index is 12.6. The molecule has 0 fully saturated rings. The van der Waals surface area contributed by atoms with E-state index in [4.69, 9.17) is 0 Å². The van der Waals surface area contributed by atoms with E-state index in [2.05, 4.69) is 10.3 Å². The lowest BCUT2D eigenvalue weighted by Gasteiger charge is -2.10. The van der Waals surface area contributed by atoms with Crippen LogP contribution >= 0.6 is 11.3 Å². The summed E-state index contributed by atoms with van der Waals surface area (Å²) in [7, 11) is 0. The lowest BCUT2D eigenvalue weighted by atomic mass is 10.0. The third-order valence-corrected chi connectivity index (χ3v) is 4.11. The minimum Gasteiger partial charge on any atom is -0.310 e. The second kappa shape index (κ2) is 6.15. The highest BCUT2D eigenvalue weighted by Crippen LogP contribution is 2.37. The lowest BCUT2D eigenvalue weighted by Crippen LogP contribution is -2.21. The average Bonchev–Trinajstić information content (AvgIpc) is 2.87. The molecule has 1 aromatic heterocycles. The standard InChI is InChI=1S/C15H17F3N2S/c1-9(2)19-7-11-5-4-10(3)12(6-11)13-8-20-14(21-13)15(16,17)18/h4-6,8-9,19H,7H2,1-3H3. The van der Waals surface area contributed by atoms with E-state index >= 15 is 0 Å². The van der Waals surface area contributed by atoms with Crippen LogP contribution in [0.5, 0.6) is 0 Å². The molecule has 6 heteroatoms. The largest absolute Gasteiger partial charge is 0.443 e. The number of halogens is 3. The van der Waals surface area contributed by atoms with Gasteiger partial charge in [-0.3, -0.25) is 0 Å². The number of rotatable bonds is 4. The molecule has 1 heterocycles. The van der Waals surface area contributed by atoms with Crippen LogP contribution in [0.15, 0.2) is 24.4 Å². The summed E-state index contributed by atoms with van der Waals surface area (Å²) >= 11 is 0.684. The van der Waals surface area contributed by atoms with Gasteiger partial charge in [-0.25, -0.2) is 4.98 Å². The number of aryl methyl sites for hydroxylation is 1. The van der Waals surface area contributed by atoms with Crippen molar-refractivity contribution in [1.82, 2.24) is 10.3 Å². The number of thiazole rings is 1. The molecule has 1 N–H and O–H groups in total. The van der Waals surface area contributed by atoms with Gasteiger partial charge in [-0.15, -0.1) is 11.3 Å². The van der Waals surface area contributed by atoms with Gasteiger partial charge < -0.3 is 5.32 Å². The molecule has 2 nitrogen and oxygen atoms in total. The maximum absolute atomic E-state index is 12.6. The zero-order chi connectivity index (χ0) is 15.6. The van der Waals surface area contributed by atoms with E-state index in [0.717, 1.165) is 16.7 Å². The van der Waals surface area contributed by atoms with Crippen molar-refractivity contribution in [2.24, 2.45) is 0 Å². The third kappa shape index (κ3) is 4.04. The molecule has 0 saturated heterocycles. The molecule has 0 spiro atoms. The normalized spacial score (nSPS) is 12.1. The highest BCUT2D eigenvalue weighted by Gasteiger charge is 2.34. The van der Waals surface area contributed by atoms with Crippen molar-refractivity contribution in [1.29, 1.82) is 0 Å². The minimum atomic E-state index is -4.38. The Morgan fingerprint density at radius 1 is 1.29 bits per heavy atom. The number of hydrogen-bond acceptors (Lipinski definition) is 3. The fraction of sp³-hybridized carbons (Fsp3) is 0.400. The van der Waals surface area contributed by atoms with Crippen LogP contribution in [0.1, 0.15) is 30.0 Å². The van der Waals surface area contributed by atoms with Gasteiger partial charge in [-0.2, -0.15) is 13.2 Å². The number of nitrogens with zero attached hydrogens (tertiary/aromatic N) is 1. The van der Waals surface area contributed by atoms with Crippen molar-refractivity contribution in [3.63, 3.8) is 0 Å². The highest BCUT2D eigenvalue weighted by atomic mass is 32.1. The van der Waals surface area contributed by atoms with Crippen molar-refractivity contribution in [3.05, 3.63) is 40.5 Å². The van der Waals surface area contributed by atoms with Gasteiger partial charge in [-0.1, -0.05) is 26.0 Å². The Bertz CT molecular complexity index is 618. The van der Waals surface area contributed by atoms with Crippen LogP contribution in [0, 0.1) is 6.92 Å². The summed E-state index contributed by atoms with van der Waals surface area (Å²) in [5.74, 6) is 0. The quantitative estimate of drug-likeness (QED) is 0.889. The van der Waals surface area contributed by atoms with E-state index in [1.165, 1.54) is 6.20 Å². The maximum Gasteiger partial charge on any atom is 0.443 e. The molecule has 0 unspecified atom stereocenters. The number of benzene rings is 1. The van der Waals surface area contributed by atoms with Gasteiger partial charge in [-0.05, 0) is 29.7 Å². The molecule has 114 valence electrons. The summed E-state index contributed by atoms with van der Waals surface area (Å²) in [6, 6.07) is 6.20. The van der Waals surface area contributed by atoms with E-state index < -0.39 is 11.2 Å². The van der Waals surface area contributed by atoms with Crippen LogP contribution in [-0.4, -0.2) is 11.0 Å². The molecule has 0 aliphatic carbocycles. The van der Waals surface area contributed by atoms with E-state index in [1.54, 1.807) is 0 Å². The van der Waals surface area contributed by atoms with Gasteiger partial charge in [0.15, 0.2) is 5.01 Å². The first-order chi connectivity index (χ1) is 9.77. The summed E-state index contributed by atoms with van der Waals surface area (Å²) in [5.41, 5.74) is 2.80. The van der Waals surface area contributed by atoms with Crippen molar-refractivity contribution in [2.75, 3.05) is 0 Å². The van der Waals surface area contributed by atoms with Crippen molar-refractivity contribution in [2.45, 2.75) is 39.5 Å². The summed E-state index contributed by atoms with van der Waals surface area (Å²) in [5, 5.41) is 2.49. The molecule has 0 aliphatic rings. The third-order valence-electron chi connectivity index (χ3n) is 3.03. The van der Waals surface area contributed by atoms with Gasteiger partial charge in [0.05, 0.1) is 4.88 Å². The van der Waals surface area contributed by atoms with Crippen LogP contribution in [0.3, 0.4) is 0 Å². The lowest BCUT2D eigenvalue weighted by molar-refractivity contribution is -0.137. The molecule has 2 rings (SSSR count). The molecule has 0 radical (unpaired) electrons. The zero-order valence-corrected chi connectivity index (χ0v) is 12.9. The first-order valence-electron chi connectivity index (χ1n) is 6.63. The van der Waals surface area contributed by atoms with Crippen molar-refractivity contribution < 1.29 is 13.2 Å². The first-order valence-corrected chi connectivity index (χ1v) is 7.45. The van der Waals surface area contributed by atoms with Crippen molar-refractivity contribution >= 4 is 11.3 Å². The summed E-state index contributed by atoms with van der Waals surface area (Å²) in [4.78, 5) is 4.03.